The summed E-state index contributed by atoms with van der Waals surface area (Å²) in [6.07, 6.45) is 0. The molecule has 8 aromatic rings. The number of aromatic nitrogens is 2. The van der Waals surface area contributed by atoms with Crippen molar-refractivity contribution in [3.63, 3.8) is 0 Å². The predicted molar refractivity (Wildman–Crippen MR) is 187 cm³/mol. The molecule has 0 saturated carbocycles. The molecular weight excluding hydrogens is 574 g/mol. The van der Waals surface area contributed by atoms with Crippen molar-refractivity contribution in [2.24, 2.45) is 0 Å². The lowest BCUT2D eigenvalue weighted by molar-refractivity contribution is 0.666. The van der Waals surface area contributed by atoms with Crippen LogP contribution >= 0.6 is 0 Å². The second kappa shape index (κ2) is 9.45. The normalized spacial score (nSPS) is 13.0. The SMILES string of the molecule is CC1(C)c2ccc(C#N)cc2-c2ccc3c(c21)c1ccccc1n3-c1cccc(-n2c3ccc(C#N)cc3c3cc(C#N)ccc32)c1. The zero-order valence-corrected chi connectivity index (χ0v) is 25.7. The van der Waals surface area contributed by atoms with Crippen LogP contribution in [0.1, 0.15) is 41.7 Å². The largest absolute Gasteiger partial charge is 0.309 e. The van der Waals surface area contributed by atoms with Crippen LogP contribution in [0, 0.1) is 34.0 Å². The van der Waals surface area contributed by atoms with E-state index in [2.05, 4.69) is 108 Å². The highest BCUT2D eigenvalue weighted by molar-refractivity contribution is 6.14. The van der Waals surface area contributed by atoms with Gasteiger partial charge in [-0.25, -0.2) is 0 Å². The summed E-state index contributed by atoms with van der Waals surface area (Å²) in [5, 5.41) is 33.3. The molecule has 0 aliphatic heterocycles. The average molecular weight is 600 g/mol. The molecule has 5 heteroatoms. The van der Waals surface area contributed by atoms with E-state index in [0.29, 0.717) is 16.7 Å². The average Bonchev–Trinajstić information content (AvgIpc) is 3.70. The maximum Gasteiger partial charge on any atom is 0.0991 e. The summed E-state index contributed by atoms with van der Waals surface area (Å²) in [6, 6.07) is 46.0. The molecule has 2 aromatic heterocycles. The third-order valence-electron chi connectivity index (χ3n) is 9.95. The first kappa shape index (κ1) is 26.8. The Kier molecular flexibility index (Phi) is 5.38. The summed E-state index contributed by atoms with van der Waals surface area (Å²) >= 11 is 0. The van der Waals surface area contributed by atoms with Crippen molar-refractivity contribution in [3.05, 3.63) is 143 Å². The van der Waals surface area contributed by atoms with E-state index < -0.39 is 0 Å². The quantitative estimate of drug-likeness (QED) is 0.198. The Labute approximate surface area is 271 Å². The van der Waals surface area contributed by atoms with Crippen molar-refractivity contribution < 1.29 is 0 Å². The maximum absolute atomic E-state index is 9.66. The fourth-order valence-corrected chi connectivity index (χ4v) is 7.94. The molecule has 218 valence electrons. The van der Waals surface area contributed by atoms with Crippen LogP contribution in [0.25, 0.3) is 66.1 Å². The van der Waals surface area contributed by atoms with Gasteiger partial charge in [0.25, 0.3) is 0 Å². The second-order valence-corrected chi connectivity index (χ2v) is 12.8. The minimum atomic E-state index is -0.248. The van der Waals surface area contributed by atoms with Gasteiger partial charge in [0.2, 0.25) is 0 Å². The Morgan fingerprint density at radius 3 is 1.70 bits per heavy atom. The van der Waals surface area contributed by atoms with Gasteiger partial charge in [0.15, 0.2) is 0 Å². The topological polar surface area (TPSA) is 81.2 Å². The monoisotopic (exact) mass is 599 g/mol. The van der Waals surface area contributed by atoms with Gasteiger partial charge in [-0.3, -0.25) is 0 Å². The number of benzene rings is 6. The maximum atomic E-state index is 9.66. The van der Waals surface area contributed by atoms with Gasteiger partial charge in [-0.2, -0.15) is 15.8 Å². The van der Waals surface area contributed by atoms with E-state index >= 15 is 0 Å². The molecule has 0 unspecified atom stereocenters. The third-order valence-corrected chi connectivity index (χ3v) is 9.95. The van der Waals surface area contributed by atoms with E-state index in [1.165, 1.54) is 27.5 Å². The van der Waals surface area contributed by atoms with Crippen molar-refractivity contribution in [2.75, 3.05) is 0 Å². The van der Waals surface area contributed by atoms with Crippen molar-refractivity contribution >= 4 is 43.6 Å². The first-order valence-corrected chi connectivity index (χ1v) is 15.5. The van der Waals surface area contributed by atoms with Gasteiger partial charge in [-0.05, 0) is 101 Å². The highest BCUT2D eigenvalue weighted by atomic mass is 15.0. The molecule has 2 heterocycles. The standard InChI is InChI=1S/C42H25N5/c1-42(2)35-14-10-25(22-43)18-32(35)30-13-17-39-40(41(30)42)31-8-3-4-9-36(31)47(39)29-7-5-6-28(21-29)46-37-15-11-26(23-44)19-33(37)34-20-27(24-45)12-16-38(34)46/h3-21H,1-2H3. The molecule has 0 N–H and O–H groups in total. The highest BCUT2D eigenvalue weighted by Crippen LogP contribution is 2.53. The second-order valence-electron chi connectivity index (χ2n) is 12.8. The lowest BCUT2D eigenvalue weighted by atomic mass is 9.80. The molecule has 1 aliphatic carbocycles. The molecule has 0 atom stereocenters. The van der Waals surface area contributed by atoms with Crippen molar-refractivity contribution in [2.45, 2.75) is 19.3 Å². The van der Waals surface area contributed by atoms with Gasteiger partial charge in [-0.1, -0.05) is 50.2 Å². The Morgan fingerprint density at radius 2 is 1.04 bits per heavy atom. The molecule has 0 spiro atoms. The molecule has 5 nitrogen and oxygen atoms in total. The molecule has 9 rings (SSSR count). The lowest BCUT2D eigenvalue weighted by Crippen LogP contribution is -2.15. The summed E-state index contributed by atoms with van der Waals surface area (Å²) < 4.78 is 4.57. The van der Waals surface area contributed by atoms with Crippen LogP contribution in [0.2, 0.25) is 0 Å². The van der Waals surface area contributed by atoms with Gasteiger partial charge in [0.05, 0.1) is 57.0 Å². The minimum absolute atomic E-state index is 0.248. The Bertz CT molecular complexity index is 2730. The summed E-state index contributed by atoms with van der Waals surface area (Å²) in [7, 11) is 0. The minimum Gasteiger partial charge on any atom is -0.309 e. The van der Waals surface area contributed by atoms with Crippen molar-refractivity contribution in [3.8, 4) is 40.7 Å². The van der Waals surface area contributed by atoms with Gasteiger partial charge in [0, 0.05) is 38.3 Å². The third kappa shape index (κ3) is 3.56. The van der Waals surface area contributed by atoms with Gasteiger partial charge >= 0.3 is 0 Å². The van der Waals surface area contributed by atoms with E-state index in [-0.39, 0.29) is 5.41 Å². The van der Waals surface area contributed by atoms with Crippen LogP contribution in [0.15, 0.2) is 115 Å². The van der Waals surface area contributed by atoms with Crippen LogP contribution in [-0.2, 0) is 5.41 Å². The molecule has 47 heavy (non-hydrogen) atoms. The van der Waals surface area contributed by atoms with E-state index in [1.807, 2.05) is 48.5 Å². The molecule has 0 bridgehead atoms. The van der Waals surface area contributed by atoms with Crippen LogP contribution < -0.4 is 0 Å². The number of hydrogen-bond acceptors (Lipinski definition) is 3. The number of hydrogen-bond donors (Lipinski definition) is 0. The van der Waals surface area contributed by atoms with Crippen LogP contribution in [0.5, 0.6) is 0 Å². The zero-order valence-electron chi connectivity index (χ0n) is 25.7. The summed E-state index contributed by atoms with van der Waals surface area (Å²) in [4.78, 5) is 0. The van der Waals surface area contributed by atoms with E-state index in [0.717, 1.165) is 49.8 Å². The number of fused-ring (bicyclic) bond motifs is 10. The van der Waals surface area contributed by atoms with E-state index in [1.54, 1.807) is 0 Å². The Balaban J connectivity index is 1.32. The van der Waals surface area contributed by atoms with Crippen LogP contribution in [-0.4, -0.2) is 9.13 Å². The van der Waals surface area contributed by atoms with Crippen LogP contribution in [0.3, 0.4) is 0 Å². The van der Waals surface area contributed by atoms with E-state index in [4.69, 9.17) is 0 Å². The molecule has 0 saturated heterocycles. The van der Waals surface area contributed by atoms with Crippen molar-refractivity contribution in [1.82, 2.24) is 9.13 Å². The van der Waals surface area contributed by atoms with Gasteiger partial charge < -0.3 is 9.13 Å². The summed E-state index contributed by atoms with van der Waals surface area (Å²) in [5.74, 6) is 0. The predicted octanol–water partition coefficient (Wildman–Crippen LogP) is 9.80. The number of nitrogens with zero attached hydrogens (tertiary/aromatic N) is 5. The Morgan fingerprint density at radius 1 is 0.489 bits per heavy atom. The highest BCUT2D eigenvalue weighted by Gasteiger charge is 2.38. The van der Waals surface area contributed by atoms with E-state index in [9.17, 15) is 15.8 Å². The number of rotatable bonds is 2. The molecule has 0 fully saturated rings. The molecular formula is C42H25N5. The zero-order chi connectivity index (χ0) is 32.0. The fraction of sp³-hybridized carbons (Fsp3) is 0.0714. The fourth-order valence-electron chi connectivity index (χ4n) is 7.94. The molecule has 6 aromatic carbocycles. The molecule has 0 amide bonds. The van der Waals surface area contributed by atoms with Gasteiger partial charge in [-0.15, -0.1) is 0 Å². The van der Waals surface area contributed by atoms with Gasteiger partial charge in [0.1, 0.15) is 0 Å². The Hall–Kier alpha value is -6.61. The lowest BCUT2D eigenvalue weighted by Gasteiger charge is -2.22. The van der Waals surface area contributed by atoms with Crippen molar-refractivity contribution in [1.29, 1.82) is 15.8 Å². The summed E-state index contributed by atoms with van der Waals surface area (Å²) in [5.41, 5.74) is 12.7. The smallest absolute Gasteiger partial charge is 0.0991 e. The molecule has 1 aliphatic rings. The number of nitriles is 3. The molecule has 0 radical (unpaired) electrons. The number of para-hydroxylation sites is 1. The summed E-state index contributed by atoms with van der Waals surface area (Å²) in [6.45, 7) is 4.57. The first-order chi connectivity index (χ1) is 22.9. The first-order valence-electron chi connectivity index (χ1n) is 15.5. The van der Waals surface area contributed by atoms with Crippen LogP contribution in [0.4, 0.5) is 0 Å².